The maximum Gasteiger partial charge on any atom is 0.394 e. The average Bonchev–Trinajstić information content (AvgIpc) is 0.774. The second kappa shape index (κ2) is 40.8. The van der Waals surface area contributed by atoms with Crippen LogP contribution in [0.25, 0.3) is 142 Å². The number of hydrogen-bond donors (Lipinski definition) is 5. The number of fused-ring (bicyclic) bond motifs is 8. The highest BCUT2D eigenvalue weighted by molar-refractivity contribution is 8.01. The first-order valence-corrected chi connectivity index (χ1v) is 43.2. The number of carbonyl (C=O) groups is 7. The van der Waals surface area contributed by atoms with Crippen LogP contribution in [0.1, 0.15) is 73.6 Å². The lowest BCUT2D eigenvalue weighted by Gasteiger charge is -2.19. The van der Waals surface area contributed by atoms with E-state index in [1.807, 2.05) is 195 Å². The van der Waals surface area contributed by atoms with Crippen LogP contribution in [0, 0.1) is 68.0 Å². The highest BCUT2D eigenvalue weighted by Crippen LogP contribution is 2.42. The molecular weight excluding hydrogens is 1730 g/mol. The van der Waals surface area contributed by atoms with E-state index < -0.39 is 57.7 Å². The molecule has 5 N–H and O–H groups in total. The molecule has 136 heavy (non-hydrogen) atoms. The lowest BCUT2D eigenvalue weighted by atomic mass is 9.85. The minimum atomic E-state index is -1.51. The smallest absolute Gasteiger partial charge is 0.394 e. The zero-order valence-electron chi connectivity index (χ0n) is 74.2. The van der Waals surface area contributed by atoms with E-state index in [1.165, 1.54) is 14.1 Å². The van der Waals surface area contributed by atoms with Crippen LogP contribution in [0.5, 0.6) is 0 Å². The van der Waals surface area contributed by atoms with Gasteiger partial charge in [0.2, 0.25) is 0 Å². The number of rotatable bonds is 16. The van der Waals surface area contributed by atoms with Crippen molar-refractivity contribution in [2.45, 2.75) is 57.4 Å². The topological polar surface area (TPSA) is 423 Å². The van der Waals surface area contributed by atoms with Gasteiger partial charge in [0.25, 0.3) is 0 Å². The zero-order chi connectivity index (χ0) is 96.8. The fraction of sp³-hybridized carbons (Fsp3) is 0.109. The number of anilines is 2. The molecule has 0 aliphatic heterocycles. The van der Waals surface area contributed by atoms with Crippen molar-refractivity contribution in [1.82, 2.24) is 29.9 Å². The third-order valence-electron chi connectivity index (χ3n) is 23.2. The number of carboxylic acids is 5. The van der Waals surface area contributed by atoms with Gasteiger partial charge in [-0.3, -0.25) is 43.9 Å². The number of para-hydroxylation sites is 1. The highest BCUT2D eigenvalue weighted by atomic mass is 32.2. The Morgan fingerprint density at radius 3 is 1.12 bits per heavy atom. The molecule has 5 aromatic heterocycles. The van der Waals surface area contributed by atoms with Crippen LogP contribution >= 0.6 is 11.8 Å². The van der Waals surface area contributed by atoms with Gasteiger partial charge in [-0.1, -0.05) is 201 Å². The van der Waals surface area contributed by atoms with Crippen molar-refractivity contribution in [1.29, 1.82) is 26.3 Å². The first-order chi connectivity index (χ1) is 65.4. The monoisotopic (exact) mass is 1810 g/mol. The molecule has 5 heterocycles. The molecule has 18 aromatic rings. The van der Waals surface area contributed by atoms with Gasteiger partial charge in [0.05, 0.1) is 75.0 Å². The number of aromatic nitrogens is 6. The van der Waals surface area contributed by atoms with Gasteiger partial charge >= 0.3 is 41.7 Å². The van der Waals surface area contributed by atoms with Crippen molar-refractivity contribution in [2.24, 2.45) is 11.3 Å². The molecule has 0 fully saturated rings. The number of thioether (sulfide) groups is 1. The van der Waals surface area contributed by atoms with E-state index in [2.05, 4.69) is 72.4 Å². The predicted octanol–water partition coefficient (Wildman–Crippen LogP) is 21.7. The molecule has 0 saturated carbocycles. The van der Waals surface area contributed by atoms with E-state index in [1.54, 1.807) is 132 Å². The molecule has 664 valence electrons. The lowest BCUT2D eigenvalue weighted by Crippen LogP contribution is -2.32. The van der Waals surface area contributed by atoms with E-state index >= 15 is 0 Å². The summed E-state index contributed by atoms with van der Waals surface area (Å²) in [4.78, 5) is 108. The van der Waals surface area contributed by atoms with Crippen LogP contribution in [0.4, 0.5) is 11.4 Å². The fourth-order valence-electron chi connectivity index (χ4n) is 15.7. The van der Waals surface area contributed by atoms with E-state index in [0.717, 1.165) is 175 Å². The zero-order valence-corrected chi connectivity index (χ0v) is 75.0. The largest absolute Gasteiger partial charge is 0.481 e. The maximum atomic E-state index is 11.9. The molecule has 0 aliphatic rings. The Bertz CT molecular complexity index is 8100. The van der Waals surface area contributed by atoms with Crippen LogP contribution in [0.15, 0.2) is 310 Å². The van der Waals surface area contributed by atoms with Crippen LogP contribution < -0.4 is 9.80 Å². The van der Waals surface area contributed by atoms with E-state index in [4.69, 9.17) is 20.7 Å². The SMILES string of the molecule is CC(C)(Cc1ccc2cncc(-c3ccc(C#N)c4ccccc34)c2c1)C(=O)O.CC(C)(Sc1ncc2cccc(-c3ccc(C#N)cc3)c2n1)C(=O)O.CC(Cc1ccc2cncc(-c3ccc(C#N)c4ccccc34)c2c1)C(=O)O.CN(C(=O)C(=O)O)c1ccc2cncc(-c3ccc(C#N)c4ccccc34)c2c1.CN(C(=O)C(=O)O)c1ccc2cncc(-c3ccc(C#N)cc3)c2c1. The second-order valence-electron chi connectivity index (χ2n) is 33.0. The predicted molar refractivity (Wildman–Crippen MR) is 525 cm³/mol. The van der Waals surface area contributed by atoms with E-state index in [9.17, 15) is 64.7 Å². The summed E-state index contributed by atoms with van der Waals surface area (Å²) >= 11 is 1.11. The summed E-state index contributed by atoms with van der Waals surface area (Å²) in [6, 6.07) is 88.2. The van der Waals surface area contributed by atoms with Gasteiger partial charge in [-0.15, -0.1) is 0 Å². The Morgan fingerprint density at radius 2 is 0.735 bits per heavy atom. The Morgan fingerprint density at radius 1 is 0.360 bits per heavy atom. The summed E-state index contributed by atoms with van der Waals surface area (Å²) in [5.41, 5.74) is 15.1. The number of pyridine rings is 4. The molecule has 2 amide bonds. The molecule has 13 aromatic carbocycles. The number of amides is 2. The molecule has 18 rings (SSSR count). The van der Waals surface area contributed by atoms with Crippen molar-refractivity contribution in [2.75, 3.05) is 23.9 Å². The lowest BCUT2D eigenvalue weighted by molar-refractivity contribution is -0.148. The van der Waals surface area contributed by atoms with Gasteiger partial charge < -0.3 is 35.3 Å². The van der Waals surface area contributed by atoms with Gasteiger partial charge in [-0.25, -0.2) is 19.6 Å². The summed E-state index contributed by atoms with van der Waals surface area (Å²) in [5, 5.41) is 106. The fourth-order valence-corrected chi connectivity index (χ4v) is 16.5. The normalized spacial score (nSPS) is 11.1. The number of carbonyl (C=O) groups excluding carboxylic acids is 2. The summed E-state index contributed by atoms with van der Waals surface area (Å²) in [6.07, 6.45) is 16.8. The minimum Gasteiger partial charge on any atom is -0.481 e. The summed E-state index contributed by atoms with van der Waals surface area (Å²) in [7, 11) is 2.84. The number of carboxylic acid groups (broad SMARTS) is 5. The molecule has 1 unspecified atom stereocenters. The standard InChI is InChI=1S/C25H20N2O2.C24H18N2O2.C23H15N3O3.C19H13N3O3.C19H15N3O2S/c1-25(2,24(28)29)12-16-7-8-18-14-27-15-23(22(18)11-16)21-10-9-17(13-26)19-5-3-4-6-20(19)21;1-15(24(27)28)10-16-6-7-18-13-26-14-23(22(18)11-16)21-9-8-17(12-25)19-4-2-3-5-20(19)21;1-26(22(27)23(28)29)16-8-6-15-12-25-13-21(20(15)10-16)19-9-7-14(11-24)17-4-2-3-5-18(17)19;1-22(18(23)19(24)25)15-7-6-14-10-21-11-17(16(14)8-15)13-4-2-12(9-20)3-5-13;1-19(2,17(23)24)25-18-21-11-14-4-3-5-15(16(14)22-18)13-8-6-12(10-20)7-9-13/h3-11,14-15H,12H2,1-2H3,(H,28,29);2-9,11,13-15H,10H2,1H3,(H,27,28);2-10,12-13H,1H3,(H,28,29);2-8,10-11H,1H3,(H,24,25);3-9,11H,1-2H3,(H,23,24). The third kappa shape index (κ3) is 20.5. The van der Waals surface area contributed by atoms with Gasteiger partial charge in [-0.2, -0.15) is 26.3 Å². The molecule has 0 aliphatic carbocycles. The van der Waals surface area contributed by atoms with E-state index in [-0.39, 0.29) is 0 Å². The van der Waals surface area contributed by atoms with E-state index in [0.29, 0.717) is 57.2 Å². The molecule has 0 radical (unpaired) electrons. The molecule has 25 nitrogen and oxygen atoms in total. The van der Waals surface area contributed by atoms with Crippen molar-refractivity contribution >= 4 is 151 Å². The van der Waals surface area contributed by atoms with Crippen LogP contribution in [-0.4, -0.2) is 116 Å². The van der Waals surface area contributed by atoms with Crippen molar-refractivity contribution in [3.05, 3.63) is 343 Å². The first kappa shape index (κ1) is 93.8. The molecular formula is C110H81N13O12S. The highest BCUT2D eigenvalue weighted by Gasteiger charge is 2.31. The van der Waals surface area contributed by atoms with Crippen LogP contribution in [0.3, 0.4) is 0 Å². The van der Waals surface area contributed by atoms with Crippen LogP contribution in [0.2, 0.25) is 0 Å². The van der Waals surface area contributed by atoms with Gasteiger partial charge in [-0.05, 0) is 184 Å². The van der Waals surface area contributed by atoms with Crippen LogP contribution in [-0.2, 0) is 46.4 Å². The minimum absolute atomic E-state index is 0.418. The number of benzene rings is 13. The summed E-state index contributed by atoms with van der Waals surface area (Å²) < 4.78 is -1.02. The Hall–Kier alpha value is -18.3. The second-order valence-corrected chi connectivity index (χ2v) is 34.6. The number of likely N-dealkylation sites (N-methyl/N-ethyl adjacent to an activating group) is 2. The molecule has 0 spiro atoms. The summed E-state index contributed by atoms with van der Waals surface area (Å²) in [5.74, 6) is -8.01. The summed E-state index contributed by atoms with van der Waals surface area (Å²) in [6.45, 7) is 8.44. The molecule has 0 bridgehead atoms. The quantitative estimate of drug-likeness (QED) is 0.0341. The van der Waals surface area contributed by atoms with Gasteiger partial charge in [0.15, 0.2) is 5.16 Å². The number of hydrogen-bond acceptors (Lipinski definition) is 19. The molecule has 0 saturated heterocycles. The number of aliphatic carboxylic acids is 5. The molecule has 26 heteroatoms. The Labute approximate surface area is 783 Å². The van der Waals surface area contributed by atoms with Gasteiger partial charge in [0, 0.05) is 152 Å². The van der Waals surface area contributed by atoms with Crippen molar-refractivity contribution < 1.29 is 59.1 Å². The average molecular weight is 1810 g/mol. The maximum absolute atomic E-state index is 11.9. The first-order valence-electron chi connectivity index (χ1n) is 42.3. The number of nitriles is 5. The molecule has 1 atom stereocenters. The van der Waals surface area contributed by atoms with Gasteiger partial charge in [0.1, 0.15) is 4.75 Å². The van der Waals surface area contributed by atoms with Crippen molar-refractivity contribution in [3.8, 4) is 86.0 Å². The third-order valence-corrected chi connectivity index (χ3v) is 24.2. The Kier molecular flexibility index (Phi) is 28.2. The van der Waals surface area contributed by atoms with Crippen molar-refractivity contribution in [3.63, 3.8) is 0 Å². The number of nitrogens with zero attached hydrogens (tertiary/aromatic N) is 13. The Balaban J connectivity index is 0.000000136.